The Labute approximate surface area is 301 Å². The average Bonchev–Trinajstić information content (AvgIpc) is 3.50. The molecule has 11 heteroatoms. The molecule has 0 saturated heterocycles. The van der Waals surface area contributed by atoms with Crippen molar-refractivity contribution in [2.45, 2.75) is 16.6 Å². The van der Waals surface area contributed by atoms with Crippen LogP contribution >= 0.6 is 27.7 Å². The maximum atomic E-state index is 13.8. The highest BCUT2D eigenvalue weighted by atomic mass is 79.9. The summed E-state index contributed by atoms with van der Waals surface area (Å²) in [6.45, 7) is 0. The molecule has 1 unspecified atom stereocenters. The molecule has 248 valence electrons. The molecule has 1 aliphatic rings. The molecule has 3 N–H and O–H groups in total. The fourth-order valence-electron chi connectivity index (χ4n) is 5.07. The van der Waals surface area contributed by atoms with E-state index >= 15 is 0 Å². The van der Waals surface area contributed by atoms with Gasteiger partial charge in [-0.2, -0.15) is 10.1 Å². The van der Waals surface area contributed by atoms with Crippen LogP contribution in [0.2, 0.25) is 0 Å². The van der Waals surface area contributed by atoms with Crippen molar-refractivity contribution < 1.29 is 19.2 Å². The van der Waals surface area contributed by atoms with Crippen LogP contribution in [0.4, 0.5) is 11.4 Å². The minimum atomic E-state index is -0.706. The standard InChI is InChI=1S/C39H30BrN5O4S/c40-29-17-10-12-26(22-29)23-33(42-37(47)28-15-6-2-7-16-28)38(48)41-30-18-11-21-32(24-30)50-36(27-13-4-1-5-14-27)39(49)43-34-25-35(46)45(44-34)31-19-8-3-9-20-31/h1-24,36H,25H2,(H,41,48)(H,42,47)(H,43,44,49)/b33-23+. The van der Waals surface area contributed by atoms with E-state index in [0.717, 1.165) is 10.0 Å². The van der Waals surface area contributed by atoms with Gasteiger partial charge in [0.05, 0.1) is 12.1 Å². The average molecular weight is 745 g/mol. The molecule has 9 nitrogen and oxygen atoms in total. The van der Waals surface area contributed by atoms with Crippen molar-refractivity contribution in [3.63, 3.8) is 0 Å². The Morgan fingerprint density at radius 3 is 2.18 bits per heavy atom. The number of halogens is 1. The lowest BCUT2D eigenvalue weighted by Gasteiger charge is -2.17. The van der Waals surface area contributed by atoms with Gasteiger partial charge in [-0.15, -0.1) is 11.8 Å². The number of carbonyl (C=O) groups is 4. The fraction of sp³-hybridized carbons (Fsp3) is 0.0513. The number of benzene rings is 5. The van der Waals surface area contributed by atoms with Crippen molar-refractivity contribution in [2.24, 2.45) is 5.10 Å². The third-order valence-electron chi connectivity index (χ3n) is 7.42. The van der Waals surface area contributed by atoms with Gasteiger partial charge < -0.3 is 16.0 Å². The molecule has 0 bridgehead atoms. The van der Waals surface area contributed by atoms with Crippen LogP contribution in [-0.2, 0) is 14.4 Å². The van der Waals surface area contributed by atoms with E-state index in [2.05, 4.69) is 37.0 Å². The zero-order valence-electron chi connectivity index (χ0n) is 26.5. The summed E-state index contributed by atoms with van der Waals surface area (Å²) < 4.78 is 0.822. The summed E-state index contributed by atoms with van der Waals surface area (Å²) in [5.41, 5.74) is 2.99. The van der Waals surface area contributed by atoms with Crippen molar-refractivity contribution in [2.75, 3.05) is 10.3 Å². The highest BCUT2D eigenvalue weighted by Gasteiger charge is 2.29. The first kappa shape index (κ1) is 34.1. The maximum absolute atomic E-state index is 13.8. The fourth-order valence-corrected chi connectivity index (χ4v) is 6.57. The normalized spacial score (nSPS) is 13.3. The number of para-hydroxylation sites is 1. The zero-order chi connectivity index (χ0) is 34.9. The quantitative estimate of drug-likeness (QED) is 0.101. The van der Waals surface area contributed by atoms with Gasteiger partial charge in [-0.25, -0.2) is 0 Å². The van der Waals surface area contributed by atoms with Crippen molar-refractivity contribution >= 4 is 74.6 Å². The van der Waals surface area contributed by atoms with Gasteiger partial charge in [0.15, 0.2) is 0 Å². The number of hydrogen-bond acceptors (Lipinski definition) is 6. The van der Waals surface area contributed by atoms with Gasteiger partial charge >= 0.3 is 0 Å². The van der Waals surface area contributed by atoms with E-state index in [4.69, 9.17) is 0 Å². The molecule has 5 aromatic carbocycles. The van der Waals surface area contributed by atoms with E-state index in [9.17, 15) is 19.2 Å². The Bertz CT molecular complexity index is 2090. The van der Waals surface area contributed by atoms with E-state index in [1.807, 2.05) is 84.9 Å². The lowest BCUT2D eigenvalue weighted by Crippen LogP contribution is -2.33. The minimum Gasteiger partial charge on any atom is -0.321 e. The zero-order valence-corrected chi connectivity index (χ0v) is 28.9. The van der Waals surface area contributed by atoms with Crippen LogP contribution in [0, 0.1) is 0 Å². The molecule has 0 spiro atoms. The molecule has 4 amide bonds. The minimum absolute atomic E-state index is 0.0368. The summed E-state index contributed by atoms with van der Waals surface area (Å²) in [6.07, 6.45) is 1.57. The largest absolute Gasteiger partial charge is 0.321 e. The van der Waals surface area contributed by atoms with Crippen molar-refractivity contribution in [3.05, 3.63) is 166 Å². The first-order chi connectivity index (χ1) is 24.3. The van der Waals surface area contributed by atoms with Gasteiger partial charge in [-0.3, -0.25) is 19.2 Å². The molecule has 1 aliphatic heterocycles. The molecule has 1 atom stereocenters. The van der Waals surface area contributed by atoms with Crippen LogP contribution < -0.4 is 21.0 Å². The molecule has 1 heterocycles. The van der Waals surface area contributed by atoms with Gasteiger partial charge in [-0.1, -0.05) is 101 Å². The lowest BCUT2D eigenvalue weighted by molar-refractivity contribution is -0.119. The predicted molar refractivity (Wildman–Crippen MR) is 200 cm³/mol. The Kier molecular flexibility index (Phi) is 11.0. The first-order valence-corrected chi connectivity index (χ1v) is 17.2. The first-order valence-electron chi connectivity index (χ1n) is 15.6. The van der Waals surface area contributed by atoms with E-state index in [0.29, 0.717) is 27.4 Å². The number of rotatable bonds is 10. The molecule has 0 fully saturated rings. The topological polar surface area (TPSA) is 120 Å². The van der Waals surface area contributed by atoms with E-state index in [-0.39, 0.29) is 29.8 Å². The van der Waals surface area contributed by atoms with E-state index < -0.39 is 17.1 Å². The number of thioether (sulfide) groups is 1. The van der Waals surface area contributed by atoms with Gasteiger partial charge in [0, 0.05) is 20.6 Å². The van der Waals surface area contributed by atoms with E-state index in [1.54, 1.807) is 60.7 Å². The summed E-state index contributed by atoms with van der Waals surface area (Å²) in [4.78, 5) is 53.9. The second-order valence-corrected chi connectivity index (χ2v) is 13.2. The number of anilines is 2. The second-order valence-electron chi connectivity index (χ2n) is 11.1. The molecule has 0 aliphatic carbocycles. The highest BCUT2D eigenvalue weighted by molar-refractivity contribution is 9.10. The predicted octanol–water partition coefficient (Wildman–Crippen LogP) is 7.56. The molecular formula is C39H30BrN5O4S. The molecule has 50 heavy (non-hydrogen) atoms. The van der Waals surface area contributed by atoms with Crippen molar-refractivity contribution in [1.82, 2.24) is 10.6 Å². The molecule has 0 saturated carbocycles. The Hall–Kier alpha value is -5.78. The molecule has 0 radical (unpaired) electrons. The molecular weight excluding hydrogens is 714 g/mol. The summed E-state index contributed by atoms with van der Waals surface area (Å²) >= 11 is 4.74. The van der Waals surface area contributed by atoms with E-state index in [1.165, 1.54) is 16.8 Å². The molecule has 0 aromatic heterocycles. The van der Waals surface area contributed by atoms with Crippen LogP contribution in [0.15, 0.2) is 160 Å². The van der Waals surface area contributed by atoms with Gasteiger partial charge in [-0.05, 0) is 71.8 Å². The SMILES string of the molecule is O=C(Nc1cccc(SC(C(=O)NC2=NN(c3ccccc3)C(=O)C2)c2ccccc2)c1)/C(=C\c1cccc(Br)c1)NC(=O)c1ccccc1. The monoisotopic (exact) mass is 743 g/mol. The molecule has 6 rings (SSSR count). The smallest absolute Gasteiger partial charge is 0.272 e. The Morgan fingerprint density at radius 2 is 1.46 bits per heavy atom. The number of hydrazone groups is 1. The molecule has 5 aromatic rings. The summed E-state index contributed by atoms with van der Waals surface area (Å²) in [5, 5.41) is 13.5. The number of amidine groups is 1. The number of amides is 4. The number of nitrogens with zero attached hydrogens (tertiary/aromatic N) is 2. The maximum Gasteiger partial charge on any atom is 0.272 e. The summed E-state index contributed by atoms with van der Waals surface area (Å²) in [5.74, 6) is -1.29. The van der Waals surface area contributed by atoms with Crippen molar-refractivity contribution in [3.8, 4) is 0 Å². The van der Waals surface area contributed by atoms with Gasteiger partial charge in [0.1, 0.15) is 16.8 Å². The Balaban J connectivity index is 1.21. The van der Waals surface area contributed by atoms with Crippen LogP contribution in [0.3, 0.4) is 0 Å². The third-order valence-corrected chi connectivity index (χ3v) is 9.16. The third kappa shape index (κ3) is 8.81. The van der Waals surface area contributed by atoms with Crippen LogP contribution in [-0.4, -0.2) is 29.5 Å². The highest BCUT2D eigenvalue weighted by Crippen LogP contribution is 2.37. The van der Waals surface area contributed by atoms with Crippen molar-refractivity contribution in [1.29, 1.82) is 0 Å². The van der Waals surface area contributed by atoms with Crippen LogP contribution in [0.1, 0.15) is 33.2 Å². The van der Waals surface area contributed by atoms with Gasteiger partial charge in [0.25, 0.3) is 17.7 Å². The second kappa shape index (κ2) is 16.1. The number of carbonyl (C=O) groups excluding carboxylic acids is 4. The van der Waals surface area contributed by atoms with Crippen LogP contribution in [0.25, 0.3) is 6.08 Å². The summed E-state index contributed by atoms with van der Waals surface area (Å²) in [7, 11) is 0. The number of hydrogen-bond donors (Lipinski definition) is 3. The Morgan fingerprint density at radius 1 is 0.780 bits per heavy atom. The van der Waals surface area contributed by atoms with Gasteiger partial charge in [0.2, 0.25) is 5.91 Å². The lowest BCUT2D eigenvalue weighted by atomic mass is 10.1. The summed E-state index contributed by atoms with van der Waals surface area (Å²) in [6, 6.07) is 41.4. The van der Waals surface area contributed by atoms with Crippen LogP contribution in [0.5, 0.6) is 0 Å². The number of nitrogens with one attached hydrogen (secondary N) is 3.